The number of nitrogens with zero attached hydrogens (tertiary/aromatic N) is 2. The van der Waals surface area contributed by atoms with Gasteiger partial charge in [-0.15, -0.1) is 10.2 Å². The summed E-state index contributed by atoms with van der Waals surface area (Å²) < 4.78 is 0. The largest absolute Gasteiger partial charge is 0.508 e. The van der Waals surface area contributed by atoms with Crippen LogP contribution >= 0.6 is 11.3 Å². The van der Waals surface area contributed by atoms with Crippen LogP contribution in [0.25, 0.3) is 21.9 Å². The van der Waals surface area contributed by atoms with Crippen molar-refractivity contribution in [2.45, 2.75) is 6.92 Å². The van der Waals surface area contributed by atoms with Gasteiger partial charge in [0.2, 0.25) is 5.13 Å². The first-order valence-electron chi connectivity index (χ1n) is 8.50. The third-order valence-electron chi connectivity index (χ3n) is 4.08. The SMILES string of the molecule is CNc1nnc(C)s1.O=Cc1c(O)ccc2cc(-c3cccc(O)c3)ccc12. The van der Waals surface area contributed by atoms with Crippen molar-refractivity contribution in [3.63, 3.8) is 0 Å². The van der Waals surface area contributed by atoms with Gasteiger partial charge >= 0.3 is 0 Å². The molecular formula is C21H19N3O3S. The predicted molar refractivity (Wildman–Crippen MR) is 112 cm³/mol. The first kappa shape index (κ1) is 19.3. The van der Waals surface area contributed by atoms with Crippen molar-refractivity contribution in [2.24, 2.45) is 0 Å². The van der Waals surface area contributed by atoms with Crippen LogP contribution in [0.2, 0.25) is 0 Å². The molecule has 3 N–H and O–H groups in total. The average Bonchev–Trinajstić information content (AvgIpc) is 3.13. The number of phenolic OH excluding ortho intramolecular Hbond substituents is 2. The lowest BCUT2D eigenvalue weighted by molar-refractivity contribution is 0.112. The number of hydrogen-bond acceptors (Lipinski definition) is 7. The van der Waals surface area contributed by atoms with Crippen molar-refractivity contribution >= 4 is 33.5 Å². The third-order valence-corrected chi connectivity index (χ3v) is 4.93. The molecule has 0 unspecified atom stereocenters. The van der Waals surface area contributed by atoms with Crippen LogP contribution in [0.1, 0.15) is 15.4 Å². The highest BCUT2D eigenvalue weighted by atomic mass is 32.1. The maximum Gasteiger partial charge on any atom is 0.205 e. The zero-order valence-corrected chi connectivity index (χ0v) is 16.2. The summed E-state index contributed by atoms with van der Waals surface area (Å²) in [4.78, 5) is 11.0. The van der Waals surface area contributed by atoms with Crippen molar-refractivity contribution in [3.8, 4) is 22.6 Å². The highest BCUT2D eigenvalue weighted by Gasteiger charge is 2.07. The summed E-state index contributed by atoms with van der Waals surface area (Å²) in [5, 5.41) is 33.1. The number of carbonyl (C=O) groups excluding carboxylic acids is 1. The maximum absolute atomic E-state index is 11.0. The fourth-order valence-corrected chi connectivity index (χ4v) is 3.27. The summed E-state index contributed by atoms with van der Waals surface area (Å²) in [5.74, 6) is 0.194. The van der Waals surface area contributed by atoms with Crippen LogP contribution in [-0.4, -0.2) is 33.7 Å². The van der Waals surface area contributed by atoms with Crippen LogP contribution in [0.3, 0.4) is 0 Å². The molecule has 0 saturated heterocycles. The van der Waals surface area contributed by atoms with Crippen LogP contribution in [0.4, 0.5) is 5.13 Å². The highest BCUT2D eigenvalue weighted by molar-refractivity contribution is 7.15. The second-order valence-corrected chi connectivity index (χ2v) is 7.16. The average molecular weight is 393 g/mol. The lowest BCUT2D eigenvalue weighted by atomic mass is 9.98. The Kier molecular flexibility index (Phi) is 5.86. The van der Waals surface area contributed by atoms with E-state index in [1.807, 2.05) is 32.2 Å². The molecule has 0 aliphatic carbocycles. The molecule has 4 aromatic rings. The first-order valence-corrected chi connectivity index (χ1v) is 9.31. The molecule has 142 valence electrons. The topological polar surface area (TPSA) is 95.3 Å². The van der Waals surface area contributed by atoms with Gasteiger partial charge in [0.15, 0.2) is 6.29 Å². The number of phenols is 2. The standard InChI is InChI=1S/C17H12O3.C4H7N3S/c18-10-16-15-6-4-12(8-13(15)5-7-17(16)20)11-2-1-3-14(19)9-11;1-3-6-7-4(5-2)8-3/h1-10,19-20H;1-2H3,(H,5,7). The van der Waals surface area contributed by atoms with Gasteiger partial charge in [-0.3, -0.25) is 4.79 Å². The molecule has 6 nitrogen and oxygen atoms in total. The predicted octanol–water partition coefficient (Wildman–Crippen LogP) is 4.62. The molecule has 3 aromatic carbocycles. The number of carbonyl (C=O) groups is 1. The highest BCUT2D eigenvalue weighted by Crippen LogP contribution is 2.30. The van der Waals surface area contributed by atoms with E-state index in [4.69, 9.17) is 0 Å². The smallest absolute Gasteiger partial charge is 0.205 e. The van der Waals surface area contributed by atoms with Gasteiger partial charge < -0.3 is 15.5 Å². The van der Waals surface area contributed by atoms with Gasteiger partial charge in [0.05, 0.1) is 5.56 Å². The Hall–Kier alpha value is -3.45. The van der Waals surface area contributed by atoms with Crippen LogP contribution < -0.4 is 5.32 Å². The molecule has 0 atom stereocenters. The fraction of sp³-hybridized carbons (Fsp3) is 0.0952. The number of aldehydes is 1. The van der Waals surface area contributed by atoms with Gasteiger partial charge in [0.25, 0.3) is 0 Å². The van der Waals surface area contributed by atoms with Crippen LogP contribution in [0, 0.1) is 6.92 Å². The number of anilines is 1. The Bertz CT molecular complexity index is 1130. The van der Waals surface area contributed by atoms with Crippen molar-refractivity contribution in [1.82, 2.24) is 10.2 Å². The quantitative estimate of drug-likeness (QED) is 0.440. The summed E-state index contributed by atoms with van der Waals surface area (Å²) in [6.45, 7) is 1.93. The number of benzene rings is 3. The molecule has 1 aromatic heterocycles. The number of aromatic nitrogens is 2. The molecule has 0 fully saturated rings. The van der Waals surface area contributed by atoms with E-state index in [-0.39, 0.29) is 11.5 Å². The van der Waals surface area contributed by atoms with Gasteiger partial charge in [-0.25, -0.2) is 0 Å². The lowest BCUT2D eigenvalue weighted by Crippen LogP contribution is -1.86. The Balaban J connectivity index is 0.000000236. The van der Waals surface area contributed by atoms with Gasteiger partial charge in [-0.2, -0.15) is 0 Å². The summed E-state index contributed by atoms with van der Waals surface area (Å²) in [6.07, 6.45) is 0.658. The Labute approximate surface area is 166 Å². The zero-order chi connectivity index (χ0) is 20.1. The Morgan fingerprint density at radius 1 is 1.00 bits per heavy atom. The molecular weight excluding hydrogens is 374 g/mol. The number of nitrogens with one attached hydrogen (secondary N) is 1. The third kappa shape index (κ3) is 4.27. The number of rotatable bonds is 3. The van der Waals surface area contributed by atoms with Crippen molar-refractivity contribution in [1.29, 1.82) is 0 Å². The van der Waals surface area contributed by atoms with Crippen molar-refractivity contribution < 1.29 is 15.0 Å². The molecule has 0 aliphatic heterocycles. The molecule has 0 aliphatic rings. The van der Waals surface area contributed by atoms with E-state index in [1.54, 1.807) is 41.7 Å². The van der Waals surface area contributed by atoms with E-state index in [0.717, 1.165) is 26.7 Å². The minimum Gasteiger partial charge on any atom is -0.508 e. The number of aryl methyl sites for hydroxylation is 1. The molecule has 0 saturated carbocycles. The van der Waals surface area contributed by atoms with Gasteiger partial charge in [-0.1, -0.05) is 41.7 Å². The molecule has 0 amide bonds. The molecule has 0 bridgehead atoms. The van der Waals surface area contributed by atoms with Crippen LogP contribution in [0.5, 0.6) is 11.5 Å². The Morgan fingerprint density at radius 2 is 1.79 bits per heavy atom. The molecule has 0 radical (unpaired) electrons. The molecule has 7 heteroatoms. The lowest BCUT2D eigenvalue weighted by Gasteiger charge is -2.07. The van der Waals surface area contributed by atoms with E-state index < -0.39 is 0 Å². The second-order valence-electron chi connectivity index (χ2n) is 5.98. The minimum atomic E-state index is -0.0161. The fourth-order valence-electron chi connectivity index (χ4n) is 2.73. The van der Waals surface area contributed by atoms with Crippen LogP contribution in [-0.2, 0) is 0 Å². The summed E-state index contributed by atoms with van der Waals surface area (Å²) >= 11 is 1.55. The summed E-state index contributed by atoms with van der Waals surface area (Å²) in [6, 6.07) is 15.9. The number of hydrogen-bond donors (Lipinski definition) is 3. The zero-order valence-electron chi connectivity index (χ0n) is 15.4. The van der Waals surface area contributed by atoms with Gasteiger partial charge in [0.1, 0.15) is 16.5 Å². The van der Waals surface area contributed by atoms with Gasteiger partial charge in [0, 0.05) is 7.05 Å². The molecule has 28 heavy (non-hydrogen) atoms. The van der Waals surface area contributed by atoms with E-state index in [1.165, 1.54) is 6.07 Å². The summed E-state index contributed by atoms with van der Waals surface area (Å²) in [7, 11) is 1.83. The molecule has 1 heterocycles. The monoisotopic (exact) mass is 393 g/mol. The Morgan fingerprint density at radius 3 is 2.39 bits per heavy atom. The van der Waals surface area contributed by atoms with Gasteiger partial charge in [-0.05, 0) is 53.1 Å². The molecule has 0 spiro atoms. The van der Waals surface area contributed by atoms with E-state index in [9.17, 15) is 15.0 Å². The van der Waals surface area contributed by atoms with Crippen molar-refractivity contribution in [3.05, 3.63) is 65.2 Å². The second kappa shape index (κ2) is 8.49. The van der Waals surface area contributed by atoms with E-state index >= 15 is 0 Å². The van der Waals surface area contributed by atoms with Crippen molar-refractivity contribution in [2.75, 3.05) is 12.4 Å². The van der Waals surface area contributed by atoms with Crippen LogP contribution in [0.15, 0.2) is 54.6 Å². The number of fused-ring (bicyclic) bond motifs is 1. The normalized spacial score (nSPS) is 10.2. The maximum atomic E-state index is 11.0. The van der Waals surface area contributed by atoms with E-state index in [2.05, 4.69) is 15.5 Å². The van der Waals surface area contributed by atoms with E-state index in [0.29, 0.717) is 17.2 Å². The first-order chi connectivity index (χ1) is 13.5. The summed E-state index contributed by atoms with van der Waals surface area (Å²) in [5.41, 5.74) is 2.13. The minimum absolute atomic E-state index is 0.0161. The number of aromatic hydroxyl groups is 2. The molecule has 4 rings (SSSR count).